The summed E-state index contributed by atoms with van der Waals surface area (Å²) in [6.45, 7) is 5.01. The molecular formula is C13H19BrN2O2. The minimum absolute atomic E-state index is 0.0904. The first kappa shape index (κ1) is 15.0. The molecule has 0 aliphatic rings. The molecule has 1 amide bonds. The molecule has 0 unspecified atom stereocenters. The topological polar surface area (TPSA) is 55.6 Å². The molecule has 1 aromatic carbocycles. The fourth-order valence-corrected chi connectivity index (χ4v) is 1.84. The number of hydrogen-bond acceptors (Lipinski definition) is 3. The molecule has 100 valence electrons. The van der Waals surface area contributed by atoms with Gasteiger partial charge in [-0.2, -0.15) is 0 Å². The molecule has 0 spiro atoms. The monoisotopic (exact) mass is 314 g/mol. The zero-order valence-electron chi connectivity index (χ0n) is 10.9. The van der Waals surface area contributed by atoms with Crippen LogP contribution in [0.15, 0.2) is 22.7 Å². The van der Waals surface area contributed by atoms with Crippen LogP contribution >= 0.6 is 15.9 Å². The Bertz CT molecular complexity index is 421. The Morgan fingerprint density at radius 2 is 2.17 bits per heavy atom. The Balaban J connectivity index is 2.63. The van der Waals surface area contributed by atoms with Crippen molar-refractivity contribution in [1.29, 1.82) is 0 Å². The zero-order valence-corrected chi connectivity index (χ0v) is 12.5. The Labute approximate surface area is 116 Å². The standard InChI is InChI=1S/C13H19BrN2O2/c1-9(2)18-7-6-16(3)13(17)11-5-4-10(14)8-12(11)15/h4-5,8-9H,6-7,15H2,1-3H3. The van der Waals surface area contributed by atoms with E-state index in [0.717, 1.165) is 4.47 Å². The van der Waals surface area contributed by atoms with E-state index in [0.29, 0.717) is 24.4 Å². The maximum Gasteiger partial charge on any atom is 0.255 e. The molecule has 2 N–H and O–H groups in total. The summed E-state index contributed by atoms with van der Waals surface area (Å²) in [5.41, 5.74) is 6.82. The van der Waals surface area contributed by atoms with Gasteiger partial charge in [0.15, 0.2) is 0 Å². The summed E-state index contributed by atoms with van der Waals surface area (Å²) in [4.78, 5) is 13.7. The Morgan fingerprint density at radius 1 is 1.50 bits per heavy atom. The fraction of sp³-hybridized carbons (Fsp3) is 0.462. The van der Waals surface area contributed by atoms with Crippen LogP contribution in [0.3, 0.4) is 0 Å². The van der Waals surface area contributed by atoms with Crippen LogP contribution in [0.5, 0.6) is 0 Å². The van der Waals surface area contributed by atoms with Gasteiger partial charge in [-0.3, -0.25) is 4.79 Å². The number of nitrogens with two attached hydrogens (primary N) is 1. The van der Waals surface area contributed by atoms with Crippen molar-refractivity contribution in [2.75, 3.05) is 25.9 Å². The summed E-state index contributed by atoms with van der Waals surface area (Å²) in [5, 5.41) is 0. The van der Waals surface area contributed by atoms with Crippen LogP contribution in [0.4, 0.5) is 5.69 Å². The number of ether oxygens (including phenoxy) is 1. The zero-order chi connectivity index (χ0) is 13.7. The third kappa shape index (κ3) is 4.31. The van der Waals surface area contributed by atoms with Gasteiger partial charge in [0.1, 0.15) is 0 Å². The molecule has 18 heavy (non-hydrogen) atoms. The molecule has 0 aliphatic heterocycles. The number of carbonyl (C=O) groups excluding carboxylic acids is 1. The first-order chi connectivity index (χ1) is 8.41. The first-order valence-electron chi connectivity index (χ1n) is 5.84. The van der Waals surface area contributed by atoms with E-state index in [4.69, 9.17) is 10.5 Å². The molecule has 0 aromatic heterocycles. The lowest BCUT2D eigenvalue weighted by Gasteiger charge is -2.19. The SMILES string of the molecule is CC(C)OCCN(C)C(=O)c1ccc(Br)cc1N. The van der Waals surface area contributed by atoms with Crippen molar-refractivity contribution in [2.24, 2.45) is 0 Å². The minimum Gasteiger partial charge on any atom is -0.398 e. The van der Waals surface area contributed by atoms with Gasteiger partial charge in [-0.1, -0.05) is 15.9 Å². The molecule has 0 atom stereocenters. The van der Waals surface area contributed by atoms with Crippen molar-refractivity contribution in [1.82, 2.24) is 4.90 Å². The van der Waals surface area contributed by atoms with Gasteiger partial charge in [0.05, 0.1) is 18.3 Å². The van der Waals surface area contributed by atoms with Gasteiger partial charge in [-0.15, -0.1) is 0 Å². The third-order valence-corrected chi connectivity index (χ3v) is 2.96. The summed E-state index contributed by atoms with van der Waals surface area (Å²) < 4.78 is 6.28. The van der Waals surface area contributed by atoms with Crippen LogP contribution in [-0.4, -0.2) is 37.1 Å². The summed E-state index contributed by atoms with van der Waals surface area (Å²) in [6.07, 6.45) is 0.172. The van der Waals surface area contributed by atoms with E-state index in [1.165, 1.54) is 0 Å². The van der Waals surface area contributed by atoms with Crippen molar-refractivity contribution in [3.63, 3.8) is 0 Å². The molecule has 1 aromatic rings. The van der Waals surface area contributed by atoms with E-state index in [9.17, 15) is 4.79 Å². The Morgan fingerprint density at radius 3 is 2.72 bits per heavy atom. The number of likely N-dealkylation sites (N-methyl/N-ethyl adjacent to an activating group) is 1. The van der Waals surface area contributed by atoms with E-state index < -0.39 is 0 Å². The number of nitrogens with zero attached hydrogens (tertiary/aromatic N) is 1. The Kier molecular flexibility index (Phi) is 5.62. The number of nitrogen functional groups attached to an aromatic ring is 1. The Hall–Kier alpha value is -1.07. The molecule has 0 radical (unpaired) electrons. The lowest BCUT2D eigenvalue weighted by atomic mass is 10.1. The quantitative estimate of drug-likeness (QED) is 0.850. The number of carbonyl (C=O) groups is 1. The van der Waals surface area contributed by atoms with Crippen LogP contribution in [0.1, 0.15) is 24.2 Å². The molecule has 0 aliphatic carbocycles. The summed E-state index contributed by atoms with van der Waals surface area (Å²) in [7, 11) is 1.74. The summed E-state index contributed by atoms with van der Waals surface area (Å²) >= 11 is 3.32. The average molecular weight is 315 g/mol. The lowest BCUT2D eigenvalue weighted by molar-refractivity contribution is 0.0532. The van der Waals surface area contributed by atoms with Crippen molar-refractivity contribution >= 4 is 27.5 Å². The summed E-state index contributed by atoms with van der Waals surface area (Å²) in [5.74, 6) is -0.0904. The number of hydrogen-bond donors (Lipinski definition) is 1. The third-order valence-electron chi connectivity index (χ3n) is 2.47. The molecule has 0 saturated carbocycles. The fourth-order valence-electron chi connectivity index (χ4n) is 1.46. The van der Waals surface area contributed by atoms with E-state index in [1.54, 1.807) is 24.1 Å². The van der Waals surface area contributed by atoms with Gasteiger partial charge in [0, 0.05) is 23.8 Å². The molecule has 1 rings (SSSR count). The maximum absolute atomic E-state index is 12.1. The van der Waals surface area contributed by atoms with Crippen molar-refractivity contribution in [3.8, 4) is 0 Å². The highest BCUT2D eigenvalue weighted by molar-refractivity contribution is 9.10. The molecule has 0 saturated heterocycles. The van der Waals surface area contributed by atoms with Crippen molar-refractivity contribution in [3.05, 3.63) is 28.2 Å². The highest BCUT2D eigenvalue weighted by Gasteiger charge is 2.14. The number of rotatable bonds is 5. The largest absolute Gasteiger partial charge is 0.398 e. The van der Waals surface area contributed by atoms with Crippen LogP contribution in [-0.2, 0) is 4.74 Å². The van der Waals surface area contributed by atoms with Gasteiger partial charge < -0.3 is 15.4 Å². The number of benzene rings is 1. The van der Waals surface area contributed by atoms with E-state index in [2.05, 4.69) is 15.9 Å². The highest BCUT2D eigenvalue weighted by Crippen LogP contribution is 2.19. The first-order valence-corrected chi connectivity index (χ1v) is 6.63. The molecule has 0 bridgehead atoms. The van der Waals surface area contributed by atoms with Gasteiger partial charge in [-0.25, -0.2) is 0 Å². The van der Waals surface area contributed by atoms with Crippen molar-refractivity contribution in [2.45, 2.75) is 20.0 Å². The van der Waals surface area contributed by atoms with Gasteiger partial charge in [0.25, 0.3) is 5.91 Å². The second-order valence-corrected chi connectivity index (χ2v) is 5.29. The second kappa shape index (κ2) is 6.75. The van der Waals surface area contributed by atoms with Gasteiger partial charge in [-0.05, 0) is 32.0 Å². The number of amides is 1. The minimum atomic E-state index is -0.0904. The van der Waals surface area contributed by atoms with Crippen LogP contribution in [0.25, 0.3) is 0 Å². The normalized spacial score (nSPS) is 10.7. The predicted octanol–water partition coefficient (Wildman–Crippen LogP) is 2.53. The number of halogens is 1. The van der Waals surface area contributed by atoms with Crippen LogP contribution in [0.2, 0.25) is 0 Å². The molecule has 4 nitrogen and oxygen atoms in total. The van der Waals surface area contributed by atoms with Gasteiger partial charge in [0.2, 0.25) is 0 Å². The average Bonchev–Trinajstić information content (AvgIpc) is 2.27. The van der Waals surface area contributed by atoms with E-state index in [-0.39, 0.29) is 12.0 Å². The molecular weight excluding hydrogens is 296 g/mol. The van der Waals surface area contributed by atoms with Crippen LogP contribution in [0, 0.1) is 0 Å². The number of anilines is 1. The highest BCUT2D eigenvalue weighted by atomic mass is 79.9. The van der Waals surface area contributed by atoms with Crippen LogP contribution < -0.4 is 5.73 Å². The van der Waals surface area contributed by atoms with E-state index in [1.807, 2.05) is 19.9 Å². The van der Waals surface area contributed by atoms with Crippen molar-refractivity contribution < 1.29 is 9.53 Å². The lowest BCUT2D eigenvalue weighted by Crippen LogP contribution is -2.31. The molecule has 0 heterocycles. The second-order valence-electron chi connectivity index (χ2n) is 4.38. The predicted molar refractivity (Wildman–Crippen MR) is 76.6 cm³/mol. The molecule has 0 fully saturated rings. The maximum atomic E-state index is 12.1. The van der Waals surface area contributed by atoms with Gasteiger partial charge >= 0.3 is 0 Å². The smallest absolute Gasteiger partial charge is 0.255 e. The summed E-state index contributed by atoms with van der Waals surface area (Å²) in [6, 6.07) is 5.26. The molecule has 5 heteroatoms. The van der Waals surface area contributed by atoms with E-state index >= 15 is 0 Å².